The number of nitrogens with zero attached hydrogens (tertiary/aromatic N) is 1. The first-order chi connectivity index (χ1) is 8.68. The third-order valence-electron chi connectivity index (χ3n) is 5.39. The van der Waals surface area contributed by atoms with E-state index in [1.807, 2.05) is 0 Å². The first-order valence-electron chi connectivity index (χ1n) is 7.82. The van der Waals surface area contributed by atoms with Crippen LogP contribution >= 0.6 is 0 Å². The van der Waals surface area contributed by atoms with Crippen molar-refractivity contribution in [2.24, 2.45) is 0 Å². The highest BCUT2D eigenvalue weighted by molar-refractivity contribution is 4.94. The van der Waals surface area contributed by atoms with E-state index in [0.717, 1.165) is 31.2 Å². The molecule has 4 atom stereocenters. The van der Waals surface area contributed by atoms with Crippen LogP contribution < -0.4 is 5.32 Å². The molecule has 18 heavy (non-hydrogen) atoms. The fourth-order valence-electron chi connectivity index (χ4n) is 3.96. The van der Waals surface area contributed by atoms with Gasteiger partial charge in [-0.2, -0.15) is 0 Å². The predicted octanol–water partition coefficient (Wildman–Crippen LogP) is 2.16. The second kappa shape index (κ2) is 5.10. The summed E-state index contributed by atoms with van der Waals surface area (Å²) in [6, 6.07) is 2.32. The van der Waals surface area contributed by atoms with Gasteiger partial charge in [0.1, 0.15) is 0 Å². The van der Waals surface area contributed by atoms with Crippen molar-refractivity contribution < 1.29 is 4.74 Å². The summed E-state index contributed by atoms with van der Waals surface area (Å²) < 4.78 is 5.99. The van der Waals surface area contributed by atoms with Gasteiger partial charge in [-0.15, -0.1) is 0 Å². The Morgan fingerprint density at radius 3 is 2.89 bits per heavy atom. The molecule has 3 aliphatic heterocycles. The van der Waals surface area contributed by atoms with Crippen molar-refractivity contribution in [3.05, 3.63) is 0 Å². The highest BCUT2D eigenvalue weighted by Crippen LogP contribution is 2.32. The first-order valence-corrected chi connectivity index (χ1v) is 7.82. The van der Waals surface area contributed by atoms with Crippen molar-refractivity contribution in [2.45, 2.75) is 76.1 Å². The van der Waals surface area contributed by atoms with Crippen LogP contribution in [0.3, 0.4) is 0 Å². The fraction of sp³-hybridized carbons (Fsp3) is 1.00. The lowest BCUT2D eigenvalue weighted by Gasteiger charge is -2.43. The Balaban J connectivity index is 1.63. The van der Waals surface area contributed by atoms with Crippen LogP contribution in [0.25, 0.3) is 0 Å². The van der Waals surface area contributed by atoms with E-state index >= 15 is 0 Å². The molecule has 3 heterocycles. The molecule has 104 valence electrons. The summed E-state index contributed by atoms with van der Waals surface area (Å²) >= 11 is 0. The summed E-state index contributed by atoms with van der Waals surface area (Å²) in [5.74, 6) is 0. The molecular formula is C15H28N2O. The lowest BCUT2D eigenvalue weighted by atomic mass is 9.88. The minimum absolute atomic E-state index is 0.127. The van der Waals surface area contributed by atoms with Crippen molar-refractivity contribution in [2.75, 3.05) is 19.7 Å². The van der Waals surface area contributed by atoms with Gasteiger partial charge < -0.3 is 10.1 Å². The van der Waals surface area contributed by atoms with Crippen molar-refractivity contribution >= 4 is 0 Å². The molecule has 2 bridgehead atoms. The molecular weight excluding hydrogens is 224 g/mol. The van der Waals surface area contributed by atoms with E-state index in [-0.39, 0.29) is 5.60 Å². The molecule has 3 saturated heterocycles. The molecule has 3 nitrogen and oxygen atoms in total. The van der Waals surface area contributed by atoms with Gasteiger partial charge in [-0.3, -0.25) is 4.90 Å². The van der Waals surface area contributed by atoms with E-state index in [1.54, 1.807) is 0 Å². The molecule has 0 saturated carbocycles. The molecule has 3 rings (SSSR count). The summed E-state index contributed by atoms with van der Waals surface area (Å²) in [7, 11) is 0. The number of nitrogens with one attached hydrogen (secondary N) is 1. The van der Waals surface area contributed by atoms with Gasteiger partial charge in [-0.05, 0) is 52.0 Å². The largest absolute Gasteiger partial charge is 0.375 e. The number of fused-ring (bicyclic) bond motifs is 2. The number of hydrogen-bond acceptors (Lipinski definition) is 3. The monoisotopic (exact) mass is 252 g/mol. The molecule has 1 N–H and O–H groups in total. The molecule has 0 amide bonds. The number of ether oxygens (including phenoxy) is 1. The maximum atomic E-state index is 5.99. The zero-order chi connectivity index (χ0) is 12.6. The lowest BCUT2D eigenvalue weighted by Crippen LogP contribution is -2.49. The Hall–Kier alpha value is -0.120. The Morgan fingerprint density at radius 1 is 1.22 bits per heavy atom. The van der Waals surface area contributed by atoms with Crippen LogP contribution in [0.2, 0.25) is 0 Å². The van der Waals surface area contributed by atoms with Crippen LogP contribution in [-0.4, -0.2) is 48.3 Å². The molecule has 0 aliphatic carbocycles. The molecule has 0 spiro atoms. The van der Waals surface area contributed by atoms with Gasteiger partial charge in [-0.1, -0.05) is 6.92 Å². The van der Waals surface area contributed by atoms with Crippen molar-refractivity contribution in [3.63, 3.8) is 0 Å². The van der Waals surface area contributed by atoms with Crippen LogP contribution in [0.1, 0.15) is 52.4 Å². The van der Waals surface area contributed by atoms with E-state index < -0.39 is 0 Å². The fourth-order valence-corrected chi connectivity index (χ4v) is 3.96. The average molecular weight is 252 g/mol. The van der Waals surface area contributed by atoms with Crippen molar-refractivity contribution in [1.82, 2.24) is 10.2 Å². The van der Waals surface area contributed by atoms with Gasteiger partial charge >= 0.3 is 0 Å². The standard InChI is InChI=1S/C15H28N2O/c1-3-15(2)10-14(7-9-18-15)17-8-6-12-4-5-13(11-17)16-12/h12-14,16H,3-11H2,1-2H3. The lowest BCUT2D eigenvalue weighted by molar-refractivity contribution is -0.0968. The molecule has 4 unspecified atom stereocenters. The first kappa shape index (κ1) is 12.9. The molecule has 0 aromatic carbocycles. The van der Waals surface area contributed by atoms with E-state index in [2.05, 4.69) is 24.1 Å². The predicted molar refractivity (Wildman–Crippen MR) is 73.8 cm³/mol. The maximum Gasteiger partial charge on any atom is 0.0666 e. The van der Waals surface area contributed by atoms with E-state index in [1.165, 1.54) is 45.2 Å². The SMILES string of the molecule is CCC1(C)CC(N2CCC3CCC(C2)N3)CCO1. The average Bonchev–Trinajstić information content (AvgIpc) is 2.69. The second-order valence-electron chi connectivity index (χ2n) is 6.72. The minimum Gasteiger partial charge on any atom is -0.375 e. The quantitative estimate of drug-likeness (QED) is 0.815. The van der Waals surface area contributed by atoms with E-state index in [9.17, 15) is 0 Å². The molecule has 0 radical (unpaired) electrons. The van der Waals surface area contributed by atoms with Crippen molar-refractivity contribution in [1.29, 1.82) is 0 Å². The molecule has 3 aliphatic rings. The van der Waals surface area contributed by atoms with Gasteiger partial charge in [0.15, 0.2) is 0 Å². The van der Waals surface area contributed by atoms with E-state index in [0.29, 0.717) is 0 Å². The van der Waals surface area contributed by atoms with Crippen LogP contribution in [0.5, 0.6) is 0 Å². The summed E-state index contributed by atoms with van der Waals surface area (Å²) in [6.45, 7) is 8.06. The molecule has 0 aromatic heterocycles. The van der Waals surface area contributed by atoms with Gasteiger partial charge in [0, 0.05) is 31.3 Å². The third-order valence-corrected chi connectivity index (χ3v) is 5.39. The zero-order valence-electron chi connectivity index (χ0n) is 12.0. The minimum atomic E-state index is 0.127. The van der Waals surface area contributed by atoms with Crippen LogP contribution in [0.15, 0.2) is 0 Å². The Labute approximate surface area is 111 Å². The highest BCUT2D eigenvalue weighted by Gasteiger charge is 2.37. The Kier molecular flexibility index (Phi) is 3.65. The summed E-state index contributed by atoms with van der Waals surface area (Å²) in [5.41, 5.74) is 0.127. The Bertz CT molecular complexity index is 296. The van der Waals surface area contributed by atoms with Crippen LogP contribution in [-0.2, 0) is 4.74 Å². The van der Waals surface area contributed by atoms with Crippen molar-refractivity contribution in [3.8, 4) is 0 Å². The van der Waals surface area contributed by atoms with Gasteiger partial charge in [-0.25, -0.2) is 0 Å². The third kappa shape index (κ3) is 2.59. The number of hydrogen-bond donors (Lipinski definition) is 1. The number of rotatable bonds is 2. The number of likely N-dealkylation sites (tertiary alicyclic amines) is 1. The van der Waals surface area contributed by atoms with Crippen LogP contribution in [0.4, 0.5) is 0 Å². The molecule has 0 aromatic rings. The smallest absolute Gasteiger partial charge is 0.0666 e. The Morgan fingerprint density at radius 2 is 2.06 bits per heavy atom. The van der Waals surface area contributed by atoms with Gasteiger partial charge in [0.25, 0.3) is 0 Å². The molecule has 3 fully saturated rings. The summed E-state index contributed by atoms with van der Waals surface area (Å²) in [4.78, 5) is 2.76. The normalized spacial score (nSPS) is 46.0. The maximum absolute atomic E-state index is 5.99. The highest BCUT2D eigenvalue weighted by atomic mass is 16.5. The molecule has 3 heteroatoms. The zero-order valence-corrected chi connectivity index (χ0v) is 12.0. The topological polar surface area (TPSA) is 24.5 Å². The van der Waals surface area contributed by atoms with Crippen LogP contribution in [0, 0.1) is 0 Å². The van der Waals surface area contributed by atoms with Gasteiger partial charge in [0.2, 0.25) is 0 Å². The summed E-state index contributed by atoms with van der Waals surface area (Å²) in [6.07, 6.45) is 7.72. The van der Waals surface area contributed by atoms with E-state index in [4.69, 9.17) is 4.74 Å². The van der Waals surface area contributed by atoms with Gasteiger partial charge in [0.05, 0.1) is 5.60 Å². The second-order valence-corrected chi connectivity index (χ2v) is 6.72. The summed E-state index contributed by atoms with van der Waals surface area (Å²) in [5, 5.41) is 3.78.